The van der Waals surface area contributed by atoms with Crippen molar-refractivity contribution in [1.29, 1.82) is 0 Å². The average molecular weight is 346 g/mol. The first-order chi connectivity index (χ1) is 12.0. The Hall–Kier alpha value is -2.76. The Morgan fingerprint density at radius 2 is 1.96 bits per heavy atom. The largest absolute Gasteiger partial charge is 0.484 e. The van der Waals surface area contributed by atoms with Crippen LogP contribution in [0, 0.1) is 11.6 Å². The third-order valence-corrected chi connectivity index (χ3v) is 3.81. The lowest BCUT2D eigenvalue weighted by atomic mass is 9.99. The van der Waals surface area contributed by atoms with E-state index in [4.69, 9.17) is 4.74 Å². The topological polar surface area (TPSA) is 50.7 Å². The van der Waals surface area contributed by atoms with Gasteiger partial charge in [-0.3, -0.25) is 4.79 Å². The third-order valence-electron chi connectivity index (χ3n) is 3.81. The SMILES string of the molecule is CCC(C)c1ccc(OCC(=O)N/N=C/c2cccc(F)c2F)cc1. The Morgan fingerprint density at radius 1 is 1.24 bits per heavy atom. The molecule has 0 fully saturated rings. The maximum absolute atomic E-state index is 13.4. The van der Waals surface area contributed by atoms with Crippen LogP contribution in [0.25, 0.3) is 0 Å². The number of carbonyl (C=O) groups is 1. The van der Waals surface area contributed by atoms with Crippen LogP contribution in [0.15, 0.2) is 47.6 Å². The second kappa shape index (κ2) is 8.92. The zero-order valence-electron chi connectivity index (χ0n) is 14.1. The highest BCUT2D eigenvalue weighted by molar-refractivity contribution is 5.83. The van der Waals surface area contributed by atoms with E-state index in [0.29, 0.717) is 11.7 Å². The molecule has 1 amide bonds. The lowest BCUT2D eigenvalue weighted by Gasteiger charge is -2.10. The Labute approximate surface area is 145 Å². The molecule has 0 spiro atoms. The molecule has 132 valence electrons. The van der Waals surface area contributed by atoms with Crippen LogP contribution < -0.4 is 10.2 Å². The first kappa shape index (κ1) is 18.6. The number of hydrogen-bond acceptors (Lipinski definition) is 3. The number of amides is 1. The van der Waals surface area contributed by atoms with E-state index in [0.717, 1.165) is 18.7 Å². The monoisotopic (exact) mass is 346 g/mol. The standard InChI is InChI=1S/C19H20F2N2O2/c1-3-13(2)14-7-9-16(10-8-14)25-12-18(24)23-22-11-15-5-4-6-17(20)19(15)21/h4-11,13H,3,12H2,1-2H3,(H,23,24)/b22-11+. The summed E-state index contributed by atoms with van der Waals surface area (Å²) < 4.78 is 31.8. The molecule has 0 heterocycles. The Balaban J connectivity index is 1.82. The molecule has 1 atom stereocenters. The predicted molar refractivity (Wildman–Crippen MR) is 92.7 cm³/mol. The summed E-state index contributed by atoms with van der Waals surface area (Å²) in [4.78, 5) is 11.7. The van der Waals surface area contributed by atoms with Crippen LogP contribution in [-0.4, -0.2) is 18.7 Å². The molecule has 1 N–H and O–H groups in total. The van der Waals surface area contributed by atoms with E-state index in [2.05, 4.69) is 24.4 Å². The van der Waals surface area contributed by atoms with Gasteiger partial charge in [-0.2, -0.15) is 5.10 Å². The normalized spacial score (nSPS) is 12.2. The van der Waals surface area contributed by atoms with E-state index in [1.807, 2.05) is 12.1 Å². The molecule has 6 heteroatoms. The van der Waals surface area contributed by atoms with Crippen molar-refractivity contribution in [3.8, 4) is 5.75 Å². The molecule has 0 aliphatic carbocycles. The minimum Gasteiger partial charge on any atom is -0.484 e. The van der Waals surface area contributed by atoms with Gasteiger partial charge < -0.3 is 4.74 Å². The molecule has 2 rings (SSSR count). The minimum absolute atomic E-state index is 0.0538. The highest BCUT2D eigenvalue weighted by atomic mass is 19.2. The number of nitrogens with one attached hydrogen (secondary N) is 1. The molecule has 0 aromatic heterocycles. The highest BCUT2D eigenvalue weighted by Crippen LogP contribution is 2.21. The number of halogens is 2. The zero-order chi connectivity index (χ0) is 18.2. The van der Waals surface area contributed by atoms with Gasteiger partial charge >= 0.3 is 0 Å². The van der Waals surface area contributed by atoms with Crippen LogP contribution >= 0.6 is 0 Å². The van der Waals surface area contributed by atoms with Gasteiger partial charge in [0.1, 0.15) is 5.75 Å². The van der Waals surface area contributed by atoms with Crippen LogP contribution in [-0.2, 0) is 4.79 Å². The van der Waals surface area contributed by atoms with E-state index in [1.165, 1.54) is 17.7 Å². The second-order valence-electron chi connectivity index (χ2n) is 5.60. The Bertz CT molecular complexity index is 746. The minimum atomic E-state index is -1.02. The van der Waals surface area contributed by atoms with Gasteiger partial charge in [0.05, 0.1) is 6.21 Å². The second-order valence-corrected chi connectivity index (χ2v) is 5.60. The lowest BCUT2D eigenvalue weighted by molar-refractivity contribution is -0.123. The van der Waals surface area contributed by atoms with Crippen LogP contribution in [0.4, 0.5) is 8.78 Å². The summed E-state index contributed by atoms with van der Waals surface area (Å²) in [7, 11) is 0. The van der Waals surface area contributed by atoms with E-state index < -0.39 is 17.5 Å². The Morgan fingerprint density at radius 3 is 2.64 bits per heavy atom. The number of nitrogens with zero attached hydrogens (tertiary/aromatic N) is 1. The van der Waals surface area contributed by atoms with Crippen molar-refractivity contribution < 1.29 is 18.3 Å². The summed E-state index contributed by atoms with van der Waals surface area (Å²) in [6, 6.07) is 11.3. The highest BCUT2D eigenvalue weighted by Gasteiger charge is 2.06. The summed E-state index contributed by atoms with van der Waals surface area (Å²) in [5, 5.41) is 3.59. The van der Waals surface area contributed by atoms with Crippen molar-refractivity contribution in [2.24, 2.45) is 5.10 Å². The van der Waals surface area contributed by atoms with Crippen molar-refractivity contribution in [3.63, 3.8) is 0 Å². The molecule has 2 aromatic carbocycles. The molecule has 1 unspecified atom stereocenters. The summed E-state index contributed by atoms with van der Waals surface area (Å²) in [5.41, 5.74) is 3.36. The van der Waals surface area contributed by atoms with Crippen LogP contribution in [0.1, 0.15) is 37.3 Å². The fourth-order valence-electron chi connectivity index (χ4n) is 2.10. The number of benzene rings is 2. The van der Waals surface area contributed by atoms with Crippen molar-refractivity contribution in [2.75, 3.05) is 6.61 Å². The van der Waals surface area contributed by atoms with Crippen molar-refractivity contribution in [2.45, 2.75) is 26.2 Å². The zero-order valence-corrected chi connectivity index (χ0v) is 14.1. The molecular formula is C19H20F2N2O2. The van der Waals surface area contributed by atoms with E-state index in [1.54, 1.807) is 12.1 Å². The number of hydrazone groups is 1. The molecule has 25 heavy (non-hydrogen) atoms. The van der Waals surface area contributed by atoms with Gasteiger partial charge in [0.2, 0.25) is 0 Å². The van der Waals surface area contributed by atoms with Crippen molar-refractivity contribution in [3.05, 3.63) is 65.2 Å². The van der Waals surface area contributed by atoms with Gasteiger partial charge in [-0.15, -0.1) is 0 Å². The average Bonchev–Trinajstić information content (AvgIpc) is 2.63. The molecular weight excluding hydrogens is 326 g/mol. The summed E-state index contributed by atoms with van der Waals surface area (Å²) in [6.07, 6.45) is 2.09. The fourth-order valence-corrected chi connectivity index (χ4v) is 2.10. The molecule has 0 aliphatic heterocycles. The van der Waals surface area contributed by atoms with Gasteiger partial charge in [0.15, 0.2) is 18.2 Å². The number of ether oxygens (including phenoxy) is 1. The number of hydrogen-bond donors (Lipinski definition) is 1. The summed E-state index contributed by atoms with van der Waals surface area (Å²) in [6.45, 7) is 4.03. The predicted octanol–water partition coefficient (Wildman–Crippen LogP) is 4.01. The van der Waals surface area contributed by atoms with Gasteiger partial charge in [-0.1, -0.05) is 38.1 Å². The lowest BCUT2D eigenvalue weighted by Crippen LogP contribution is -2.24. The van der Waals surface area contributed by atoms with E-state index in [-0.39, 0.29) is 12.2 Å². The van der Waals surface area contributed by atoms with Gasteiger partial charge in [0, 0.05) is 5.56 Å². The van der Waals surface area contributed by atoms with Crippen molar-refractivity contribution in [1.82, 2.24) is 5.43 Å². The fraction of sp³-hybridized carbons (Fsp3) is 0.263. The first-order valence-corrected chi connectivity index (χ1v) is 8.00. The summed E-state index contributed by atoms with van der Waals surface area (Å²) >= 11 is 0. The summed E-state index contributed by atoms with van der Waals surface area (Å²) in [5.74, 6) is -1.45. The van der Waals surface area contributed by atoms with Crippen LogP contribution in [0.5, 0.6) is 5.75 Å². The van der Waals surface area contributed by atoms with Gasteiger partial charge in [0.25, 0.3) is 5.91 Å². The van der Waals surface area contributed by atoms with E-state index >= 15 is 0 Å². The Kier molecular flexibility index (Phi) is 6.62. The molecule has 0 saturated heterocycles. The molecule has 0 saturated carbocycles. The van der Waals surface area contributed by atoms with Crippen LogP contribution in [0.3, 0.4) is 0 Å². The van der Waals surface area contributed by atoms with E-state index in [9.17, 15) is 13.6 Å². The van der Waals surface area contributed by atoms with Crippen LogP contribution in [0.2, 0.25) is 0 Å². The molecule has 0 radical (unpaired) electrons. The maximum atomic E-state index is 13.4. The van der Waals surface area contributed by atoms with Gasteiger partial charge in [-0.05, 0) is 36.1 Å². The molecule has 4 nitrogen and oxygen atoms in total. The molecule has 0 bridgehead atoms. The smallest absolute Gasteiger partial charge is 0.277 e. The number of rotatable bonds is 7. The van der Waals surface area contributed by atoms with Crippen molar-refractivity contribution >= 4 is 12.1 Å². The maximum Gasteiger partial charge on any atom is 0.277 e. The first-order valence-electron chi connectivity index (χ1n) is 8.00. The van der Waals surface area contributed by atoms with Gasteiger partial charge in [-0.25, -0.2) is 14.2 Å². The quantitative estimate of drug-likeness (QED) is 0.608. The molecule has 0 aliphatic rings. The third kappa shape index (κ3) is 5.38. The molecule has 2 aromatic rings. The number of carbonyl (C=O) groups excluding carboxylic acids is 1.